The van der Waals surface area contributed by atoms with Gasteiger partial charge in [-0.15, -0.1) is 0 Å². The van der Waals surface area contributed by atoms with Gasteiger partial charge in [0.05, 0.1) is 17.5 Å². The van der Waals surface area contributed by atoms with Crippen LogP contribution >= 0.6 is 0 Å². The minimum absolute atomic E-state index is 0.0351. The first-order valence-electron chi connectivity index (χ1n) is 3.55. The molecule has 0 saturated heterocycles. The lowest BCUT2D eigenvalue weighted by Crippen LogP contribution is -2.17. The lowest BCUT2D eigenvalue weighted by atomic mass is 9.98. The monoisotopic (exact) mass is 163 g/mol. The standard InChI is InChI=1S/C6H12O3S/c7-10(8)9-6-4-2-1-3-5-6/h6H,1-5H2,(H,7,8)/p-1. The average molecular weight is 163 g/mol. The predicted molar refractivity (Wildman–Crippen MR) is 36.9 cm³/mol. The molecule has 3 nitrogen and oxygen atoms in total. The van der Waals surface area contributed by atoms with E-state index in [9.17, 15) is 8.76 Å². The predicted octanol–water partition coefficient (Wildman–Crippen LogP) is 1.13. The van der Waals surface area contributed by atoms with Gasteiger partial charge in [0.25, 0.3) is 0 Å². The van der Waals surface area contributed by atoms with Crippen LogP contribution in [0.5, 0.6) is 0 Å². The highest BCUT2D eigenvalue weighted by Crippen LogP contribution is 2.20. The van der Waals surface area contributed by atoms with Gasteiger partial charge in [-0.3, -0.25) is 4.18 Å². The lowest BCUT2D eigenvalue weighted by Gasteiger charge is -2.21. The molecule has 0 bridgehead atoms. The van der Waals surface area contributed by atoms with Crippen LogP contribution in [0.25, 0.3) is 0 Å². The van der Waals surface area contributed by atoms with Gasteiger partial charge in [-0.25, -0.2) is 4.21 Å². The molecule has 0 radical (unpaired) electrons. The van der Waals surface area contributed by atoms with Crippen molar-refractivity contribution in [2.24, 2.45) is 0 Å². The zero-order valence-corrected chi connectivity index (χ0v) is 6.56. The molecular formula is C6H11O3S-. The van der Waals surface area contributed by atoms with Crippen molar-refractivity contribution in [3.63, 3.8) is 0 Å². The van der Waals surface area contributed by atoms with Gasteiger partial charge in [0.1, 0.15) is 0 Å². The highest BCUT2D eigenvalue weighted by atomic mass is 32.2. The van der Waals surface area contributed by atoms with Crippen LogP contribution in [-0.2, 0) is 15.5 Å². The molecule has 0 aliphatic heterocycles. The first-order chi connectivity index (χ1) is 4.79. The molecule has 0 amide bonds. The van der Waals surface area contributed by atoms with E-state index >= 15 is 0 Å². The van der Waals surface area contributed by atoms with Crippen molar-refractivity contribution in [3.05, 3.63) is 0 Å². The molecule has 0 aromatic carbocycles. The van der Waals surface area contributed by atoms with E-state index < -0.39 is 11.4 Å². The second-order valence-corrected chi connectivity index (χ2v) is 3.16. The molecule has 0 heterocycles. The largest absolute Gasteiger partial charge is 0.750 e. The Kier molecular flexibility index (Phi) is 3.31. The van der Waals surface area contributed by atoms with Gasteiger partial charge >= 0.3 is 0 Å². The minimum atomic E-state index is -2.31. The van der Waals surface area contributed by atoms with Gasteiger partial charge in [0.15, 0.2) is 0 Å². The summed E-state index contributed by atoms with van der Waals surface area (Å²) in [5.74, 6) is 0. The third kappa shape index (κ3) is 2.77. The van der Waals surface area contributed by atoms with E-state index in [-0.39, 0.29) is 6.10 Å². The van der Waals surface area contributed by atoms with Crippen LogP contribution in [0.2, 0.25) is 0 Å². The van der Waals surface area contributed by atoms with Gasteiger partial charge in [-0.05, 0) is 12.8 Å². The quantitative estimate of drug-likeness (QED) is 0.573. The SMILES string of the molecule is O=S([O-])OC1CCCCC1. The van der Waals surface area contributed by atoms with Gasteiger partial charge in [-0.1, -0.05) is 19.3 Å². The topological polar surface area (TPSA) is 49.4 Å². The zero-order chi connectivity index (χ0) is 7.40. The Hall–Kier alpha value is 0.0700. The normalized spacial score (nSPS) is 24.5. The molecule has 1 aliphatic carbocycles. The van der Waals surface area contributed by atoms with Crippen LogP contribution in [0.3, 0.4) is 0 Å². The van der Waals surface area contributed by atoms with Gasteiger partial charge in [0, 0.05) is 0 Å². The van der Waals surface area contributed by atoms with Gasteiger partial charge in [0.2, 0.25) is 0 Å². The third-order valence-corrected chi connectivity index (χ3v) is 2.20. The summed E-state index contributed by atoms with van der Waals surface area (Å²) in [6.45, 7) is 0. The molecule has 1 aliphatic rings. The maximum atomic E-state index is 10.0. The maximum absolute atomic E-state index is 10.0. The number of hydrogen-bond donors (Lipinski definition) is 0. The minimum Gasteiger partial charge on any atom is -0.750 e. The second kappa shape index (κ2) is 4.05. The Bertz CT molecular complexity index is 120. The fourth-order valence-corrected chi connectivity index (χ4v) is 1.69. The molecule has 0 N–H and O–H groups in total. The molecule has 10 heavy (non-hydrogen) atoms. The van der Waals surface area contributed by atoms with E-state index in [4.69, 9.17) is 0 Å². The average Bonchev–Trinajstić information content (AvgIpc) is 1.88. The van der Waals surface area contributed by atoms with Crippen molar-refractivity contribution < 1.29 is 12.9 Å². The van der Waals surface area contributed by atoms with E-state index in [2.05, 4.69) is 4.18 Å². The van der Waals surface area contributed by atoms with Crippen LogP contribution < -0.4 is 0 Å². The highest BCUT2D eigenvalue weighted by Gasteiger charge is 2.13. The van der Waals surface area contributed by atoms with E-state index in [1.54, 1.807) is 0 Å². The van der Waals surface area contributed by atoms with Crippen molar-refractivity contribution in [1.29, 1.82) is 0 Å². The van der Waals surface area contributed by atoms with Crippen molar-refractivity contribution in [2.75, 3.05) is 0 Å². The van der Waals surface area contributed by atoms with Gasteiger partial charge < -0.3 is 4.55 Å². The van der Waals surface area contributed by atoms with E-state index in [0.29, 0.717) is 0 Å². The molecule has 0 aromatic heterocycles. The Morgan fingerprint density at radius 3 is 2.40 bits per heavy atom. The summed E-state index contributed by atoms with van der Waals surface area (Å²) in [5.41, 5.74) is 0. The molecule has 4 heteroatoms. The Morgan fingerprint density at radius 1 is 1.30 bits per heavy atom. The fraction of sp³-hybridized carbons (Fsp3) is 1.00. The molecule has 1 fully saturated rings. The summed E-state index contributed by atoms with van der Waals surface area (Å²) in [5, 5.41) is 0. The number of hydrogen-bond acceptors (Lipinski definition) is 3. The van der Waals surface area contributed by atoms with Crippen molar-refractivity contribution >= 4 is 11.4 Å². The van der Waals surface area contributed by atoms with Crippen LogP contribution in [0.15, 0.2) is 0 Å². The first-order valence-corrected chi connectivity index (χ1v) is 4.55. The van der Waals surface area contributed by atoms with E-state index in [1.807, 2.05) is 0 Å². The van der Waals surface area contributed by atoms with E-state index in [1.165, 1.54) is 6.42 Å². The first kappa shape index (κ1) is 8.17. The smallest absolute Gasteiger partial charge is 0.0844 e. The van der Waals surface area contributed by atoms with Crippen LogP contribution in [0.4, 0.5) is 0 Å². The fourth-order valence-electron chi connectivity index (χ4n) is 1.27. The molecular weight excluding hydrogens is 152 g/mol. The van der Waals surface area contributed by atoms with Crippen molar-refractivity contribution in [2.45, 2.75) is 38.2 Å². The number of rotatable bonds is 2. The summed E-state index contributed by atoms with van der Waals surface area (Å²) < 4.78 is 24.7. The third-order valence-electron chi connectivity index (χ3n) is 1.77. The highest BCUT2D eigenvalue weighted by molar-refractivity contribution is 7.74. The van der Waals surface area contributed by atoms with Crippen LogP contribution in [-0.4, -0.2) is 14.9 Å². The maximum Gasteiger partial charge on any atom is 0.0844 e. The van der Waals surface area contributed by atoms with Crippen LogP contribution in [0.1, 0.15) is 32.1 Å². The zero-order valence-electron chi connectivity index (χ0n) is 5.75. The molecule has 60 valence electrons. The molecule has 1 rings (SSSR count). The molecule has 0 spiro atoms. The van der Waals surface area contributed by atoms with Crippen LogP contribution in [0, 0.1) is 0 Å². The Morgan fingerprint density at radius 2 is 1.90 bits per heavy atom. The summed E-state index contributed by atoms with van der Waals surface area (Å²) >= 11 is -2.31. The Balaban J connectivity index is 2.19. The molecule has 1 atom stereocenters. The summed E-state index contributed by atoms with van der Waals surface area (Å²) in [4.78, 5) is 0. The summed E-state index contributed by atoms with van der Waals surface area (Å²) in [6, 6.07) is 0. The lowest BCUT2D eigenvalue weighted by molar-refractivity contribution is 0.156. The molecule has 0 aromatic rings. The Labute approximate surface area is 63.3 Å². The second-order valence-electron chi connectivity index (χ2n) is 2.56. The van der Waals surface area contributed by atoms with Crippen molar-refractivity contribution in [1.82, 2.24) is 0 Å². The summed E-state index contributed by atoms with van der Waals surface area (Å²) in [6.07, 6.45) is 5.17. The molecule has 1 saturated carbocycles. The summed E-state index contributed by atoms with van der Waals surface area (Å²) in [7, 11) is 0. The van der Waals surface area contributed by atoms with E-state index in [0.717, 1.165) is 25.7 Å². The van der Waals surface area contributed by atoms with Gasteiger partial charge in [-0.2, -0.15) is 0 Å². The molecule has 1 unspecified atom stereocenters. The van der Waals surface area contributed by atoms with Crippen molar-refractivity contribution in [3.8, 4) is 0 Å².